The van der Waals surface area contributed by atoms with Crippen molar-refractivity contribution in [3.05, 3.63) is 102 Å². The molecule has 0 fully saturated rings. The molecule has 4 aromatic rings. The number of carbonyl (C=O) groups is 1. The van der Waals surface area contributed by atoms with Crippen molar-refractivity contribution in [2.45, 2.75) is 6.61 Å². The van der Waals surface area contributed by atoms with Crippen molar-refractivity contribution < 1.29 is 14.5 Å². The molecule has 0 radical (unpaired) electrons. The van der Waals surface area contributed by atoms with E-state index in [-0.39, 0.29) is 28.1 Å². The first kappa shape index (κ1) is 24.2. The van der Waals surface area contributed by atoms with E-state index in [9.17, 15) is 20.2 Å². The lowest BCUT2D eigenvalue weighted by molar-refractivity contribution is -0.384. The van der Waals surface area contributed by atoms with Crippen LogP contribution in [-0.2, 0) is 6.61 Å². The van der Waals surface area contributed by atoms with Crippen LogP contribution < -0.4 is 10.2 Å². The average molecular weight is 525 g/mol. The SMILES string of the molecule is N#Cc1ccccc1COc1c(Cl)cc(/C=N\NC(=O)c2cc3cc([N+](=O)[O-])ccc3s2)cc1Cl. The van der Waals surface area contributed by atoms with Crippen LogP contribution in [0.15, 0.2) is 65.8 Å². The lowest BCUT2D eigenvalue weighted by Gasteiger charge is -2.11. The van der Waals surface area contributed by atoms with E-state index in [2.05, 4.69) is 16.6 Å². The number of halogens is 2. The molecule has 0 aliphatic carbocycles. The Labute approximate surface area is 213 Å². The summed E-state index contributed by atoms with van der Waals surface area (Å²) in [7, 11) is 0. The largest absolute Gasteiger partial charge is 0.486 e. The number of nitriles is 1. The molecule has 3 aromatic carbocycles. The summed E-state index contributed by atoms with van der Waals surface area (Å²) in [6.45, 7) is 0.116. The Morgan fingerprint density at radius 1 is 1.17 bits per heavy atom. The van der Waals surface area contributed by atoms with Crippen molar-refractivity contribution >= 4 is 62.4 Å². The maximum absolute atomic E-state index is 12.4. The third-order valence-corrected chi connectivity index (χ3v) is 6.52. The Balaban J connectivity index is 1.43. The van der Waals surface area contributed by atoms with Gasteiger partial charge in [0.05, 0.1) is 37.7 Å². The van der Waals surface area contributed by atoms with Gasteiger partial charge in [0.2, 0.25) is 0 Å². The number of amides is 1. The first-order valence-corrected chi connectivity index (χ1v) is 11.5. The molecule has 8 nitrogen and oxygen atoms in total. The van der Waals surface area contributed by atoms with Crippen LogP contribution in [0.1, 0.15) is 26.4 Å². The van der Waals surface area contributed by atoms with Crippen LogP contribution in [0.2, 0.25) is 10.0 Å². The molecule has 0 atom stereocenters. The summed E-state index contributed by atoms with van der Waals surface area (Å²) in [5.74, 6) is -0.194. The fraction of sp³-hybridized carbons (Fsp3) is 0.0417. The number of benzene rings is 3. The molecule has 0 spiro atoms. The van der Waals surface area contributed by atoms with Crippen LogP contribution in [0.25, 0.3) is 10.1 Å². The summed E-state index contributed by atoms with van der Waals surface area (Å²) < 4.78 is 6.48. The molecule has 174 valence electrons. The Hall–Kier alpha value is -3.97. The molecule has 0 saturated carbocycles. The fourth-order valence-electron chi connectivity index (χ4n) is 3.17. The van der Waals surface area contributed by atoms with Gasteiger partial charge in [0.1, 0.15) is 6.61 Å². The van der Waals surface area contributed by atoms with Crippen LogP contribution in [0.5, 0.6) is 5.75 Å². The third-order valence-electron chi connectivity index (χ3n) is 4.84. The zero-order valence-corrected chi connectivity index (χ0v) is 20.0. The minimum Gasteiger partial charge on any atom is -0.486 e. The van der Waals surface area contributed by atoms with Gasteiger partial charge in [-0.15, -0.1) is 11.3 Å². The highest BCUT2D eigenvalue weighted by Gasteiger charge is 2.14. The molecular weight excluding hydrogens is 511 g/mol. The molecule has 1 N–H and O–H groups in total. The molecule has 1 amide bonds. The van der Waals surface area contributed by atoms with Gasteiger partial charge in [0.25, 0.3) is 11.6 Å². The van der Waals surface area contributed by atoms with Gasteiger partial charge in [-0.3, -0.25) is 14.9 Å². The summed E-state index contributed by atoms with van der Waals surface area (Å²) in [6.07, 6.45) is 1.38. The summed E-state index contributed by atoms with van der Waals surface area (Å²) >= 11 is 13.8. The first-order valence-electron chi connectivity index (χ1n) is 9.97. The molecular formula is C24H14Cl2N4O4S. The summed E-state index contributed by atoms with van der Waals surface area (Å²) in [5.41, 5.74) is 4.09. The number of rotatable bonds is 7. The zero-order valence-electron chi connectivity index (χ0n) is 17.7. The van der Waals surface area contributed by atoms with Gasteiger partial charge in [-0.1, -0.05) is 41.4 Å². The number of fused-ring (bicyclic) bond motifs is 1. The maximum Gasteiger partial charge on any atom is 0.281 e. The normalized spacial score (nSPS) is 10.9. The van der Waals surface area contributed by atoms with Crippen molar-refractivity contribution in [1.29, 1.82) is 5.26 Å². The predicted octanol–water partition coefficient (Wildman–Crippen LogP) is 6.33. The zero-order chi connectivity index (χ0) is 24.9. The van der Waals surface area contributed by atoms with E-state index in [0.29, 0.717) is 27.0 Å². The molecule has 0 aliphatic heterocycles. The van der Waals surface area contributed by atoms with Crippen LogP contribution in [-0.4, -0.2) is 17.0 Å². The Morgan fingerprint density at radius 3 is 2.63 bits per heavy atom. The lowest BCUT2D eigenvalue weighted by Crippen LogP contribution is -2.16. The van der Waals surface area contributed by atoms with E-state index in [1.54, 1.807) is 48.5 Å². The Morgan fingerprint density at radius 2 is 1.91 bits per heavy atom. The van der Waals surface area contributed by atoms with Gasteiger partial charge in [0.15, 0.2) is 5.75 Å². The van der Waals surface area contributed by atoms with E-state index in [1.165, 1.54) is 29.7 Å². The number of nitrogens with one attached hydrogen (secondary N) is 1. The number of carbonyl (C=O) groups excluding carboxylic acids is 1. The van der Waals surface area contributed by atoms with Gasteiger partial charge in [-0.2, -0.15) is 10.4 Å². The van der Waals surface area contributed by atoms with E-state index in [1.807, 2.05) is 0 Å². The number of hydrazone groups is 1. The Bertz CT molecular complexity index is 1500. The van der Waals surface area contributed by atoms with E-state index in [0.717, 1.165) is 4.70 Å². The minimum atomic E-state index is -0.487. The van der Waals surface area contributed by atoms with Crippen LogP contribution in [0.4, 0.5) is 5.69 Å². The molecule has 0 saturated heterocycles. The highest BCUT2D eigenvalue weighted by atomic mass is 35.5. The summed E-state index contributed by atoms with van der Waals surface area (Å²) in [4.78, 5) is 23.2. The van der Waals surface area contributed by atoms with E-state index in [4.69, 9.17) is 27.9 Å². The number of nitro groups is 1. The first-order chi connectivity index (χ1) is 16.9. The van der Waals surface area contributed by atoms with Gasteiger partial charge in [-0.25, -0.2) is 5.43 Å². The number of nitrogens with zero attached hydrogens (tertiary/aromatic N) is 3. The molecule has 0 bridgehead atoms. The second kappa shape index (κ2) is 10.5. The maximum atomic E-state index is 12.4. The van der Waals surface area contributed by atoms with Crippen molar-refractivity contribution in [2.75, 3.05) is 0 Å². The number of hydrogen-bond donors (Lipinski definition) is 1. The second-order valence-electron chi connectivity index (χ2n) is 7.16. The number of hydrogen-bond acceptors (Lipinski definition) is 7. The second-order valence-corrected chi connectivity index (χ2v) is 9.06. The average Bonchev–Trinajstić information content (AvgIpc) is 3.27. The minimum absolute atomic E-state index is 0.0456. The molecule has 4 rings (SSSR count). The van der Waals surface area contributed by atoms with Gasteiger partial charge < -0.3 is 4.74 Å². The number of ether oxygens (including phenoxy) is 1. The van der Waals surface area contributed by atoms with Crippen molar-refractivity contribution in [2.24, 2.45) is 5.10 Å². The Kier molecular flexibility index (Phi) is 7.27. The fourth-order valence-corrected chi connectivity index (χ4v) is 4.72. The molecule has 1 heterocycles. The predicted molar refractivity (Wildman–Crippen MR) is 135 cm³/mol. The van der Waals surface area contributed by atoms with Crippen molar-refractivity contribution in [3.8, 4) is 11.8 Å². The lowest BCUT2D eigenvalue weighted by atomic mass is 10.1. The van der Waals surface area contributed by atoms with E-state index >= 15 is 0 Å². The standard InChI is InChI=1S/C24H14Cl2N4O4S/c25-19-7-14(8-20(26)23(19)34-13-16-4-2-1-3-15(16)11-27)12-28-29-24(31)22-10-17-9-18(30(32)33)5-6-21(17)35-22/h1-10,12H,13H2,(H,29,31)/b28-12-. The van der Waals surface area contributed by atoms with Gasteiger partial charge >= 0.3 is 0 Å². The van der Waals surface area contributed by atoms with Crippen LogP contribution in [0.3, 0.4) is 0 Å². The highest BCUT2D eigenvalue weighted by Crippen LogP contribution is 2.34. The van der Waals surface area contributed by atoms with Crippen LogP contribution >= 0.6 is 34.5 Å². The highest BCUT2D eigenvalue weighted by molar-refractivity contribution is 7.20. The molecule has 0 aliphatic rings. The molecule has 1 aromatic heterocycles. The number of non-ortho nitro benzene ring substituents is 1. The number of nitro benzene ring substituents is 1. The monoisotopic (exact) mass is 524 g/mol. The van der Waals surface area contributed by atoms with Crippen molar-refractivity contribution in [1.82, 2.24) is 5.43 Å². The van der Waals surface area contributed by atoms with Gasteiger partial charge in [-0.05, 0) is 35.9 Å². The van der Waals surface area contributed by atoms with Gasteiger partial charge in [0, 0.05) is 27.8 Å². The quantitative estimate of drug-likeness (QED) is 0.172. The summed E-state index contributed by atoms with van der Waals surface area (Å²) in [6, 6.07) is 18.3. The molecule has 35 heavy (non-hydrogen) atoms. The summed E-state index contributed by atoms with van der Waals surface area (Å²) in [5, 5.41) is 25.2. The number of thiophene rings is 1. The van der Waals surface area contributed by atoms with Crippen molar-refractivity contribution in [3.63, 3.8) is 0 Å². The molecule has 11 heteroatoms. The topological polar surface area (TPSA) is 118 Å². The van der Waals surface area contributed by atoms with Crippen LogP contribution in [0, 0.1) is 21.4 Å². The third kappa shape index (κ3) is 5.58. The molecule has 0 unspecified atom stereocenters. The van der Waals surface area contributed by atoms with E-state index < -0.39 is 10.8 Å². The smallest absolute Gasteiger partial charge is 0.281 e.